The Hall–Kier alpha value is -0.800. The average molecular weight is 212 g/mol. The lowest BCUT2D eigenvalue weighted by Gasteiger charge is -1.93. The van der Waals surface area contributed by atoms with Crippen LogP contribution in [0.15, 0.2) is 24.7 Å². The van der Waals surface area contributed by atoms with Crippen molar-refractivity contribution in [2.75, 3.05) is 13.1 Å². The molecule has 0 aromatic rings. The monoisotopic (exact) mass is 212 g/mol. The van der Waals surface area contributed by atoms with Gasteiger partial charge in [-0.15, -0.1) is 0 Å². The molecule has 0 aliphatic carbocycles. The van der Waals surface area contributed by atoms with Gasteiger partial charge in [-0.3, -0.25) is 0 Å². The third-order valence-corrected chi connectivity index (χ3v) is 2.00. The lowest BCUT2D eigenvalue weighted by Crippen LogP contribution is -1.96. The number of hydrogen-bond acceptors (Lipinski definition) is 3. The van der Waals surface area contributed by atoms with Crippen LogP contribution in [-0.2, 0) is 4.74 Å². The maximum absolute atomic E-state index is 5.37. The van der Waals surface area contributed by atoms with Gasteiger partial charge in [-0.2, -0.15) is 0 Å². The van der Waals surface area contributed by atoms with Crippen molar-refractivity contribution in [2.45, 2.75) is 38.5 Å². The van der Waals surface area contributed by atoms with Crippen LogP contribution >= 0.6 is 0 Å². The van der Waals surface area contributed by atoms with Gasteiger partial charge < -0.3 is 16.2 Å². The minimum atomic E-state index is 0.774. The summed E-state index contributed by atoms with van der Waals surface area (Å²) in [5.41, 5.74) is 10.7. The number of hydrogen-bond donors (Lipinski definition) is 2. The highest BCUT2D eigenvalue weighted by Crippen LogP contribution is 1.97. The summed E-state index contributed by atoms with van der Waals surface area (Å²) in [5, 5.41) is 0. The van der Waals surface area contributed by atoms with E-state index in [1.807, 2.05) is 12.2 Å². The van der Waals surface area contributed by atoms with E-state index in [-0.39, 0.29) is 0 Å². The quantitative estimate of drug-likeness (QED) is 0.431. The van der Waals surface area contributed by atoms with Gasteiger partial charge in [0.1, 0.15) is 0 Å². The molecular weight excluding hydrogens is 188 g/mol. The van der Waals surface area contributed by atoms with Gasteiger partial charge in [-0.1, -0.05) is 0 Å². The summed E-state index contributed by atoms with van der Waals surface area (Å²) in [7, 11) is 0. The molecule has 0 rings (SSSR count). The van der Waals surface area contributed by atoms with Gasteiger partial charge in [-0.25, -0.2) is 0 Å². The van der Waals surface area contributed by atoms with E-state index in [0.29, 0.717) is 0 Å². The van der Waals surface area contributed by atoms with Crippen molar-refractivity contribution < 1.29 is 4.74 Å². The molecule has 4 N–H and O–H groups in total. The Balaban J connectivity index is 3.14. The Labute approximate surface area is 93.2 Å². The zero-order valence-corrected chi connectivity index (χ0v) is 9.53. The van der Waals surface area contributed by atoms with E-state index in [1.165, 1.54) is 0 Å². The van der Waals surface area contributed by atoms with Gasteiger partial charge in [0, 0.05) is 0 Å². The van der Waals surface area contributed by atoms with Crippen LogP contribution in [0.3, 0.4) is 0 Å². The van der Waals surface area contributed by atoms with Crippen LogP contribution in [0, 0.1) is 0 Å². The first kappa shape index (κ1) is 14.2. The third-order valence-electron chi connectivity index (χ3n) is 2.00. The second-order valence-electron chi connectivity index (χ2n) is 3.45. The van der Waals surface area contributed by atoms with E-state index < -0.39 is 0 Å². The third kappa shape index (κ3) is 13.2. The molecule has 0 bridgehead atoms. The Bertz CT molecular complexity index is 149. The Morgan fingerprint density at radius 3 is 1.60 bits per heavy atom. The summed E-state index contributed by atoms with van der Waals surface area (Å²) < 4.78 is 5.17. The maximum Gasteiger partial charge on any atom is 0.0861 e. The predicted molar refractivity (Wildman–Crippen MR) is 65.2 cm³/mol. The first-order chi connectivity index (χ1) is 7.41. The van der Waals surface area contributed by atoms with E-state index in [2.05, 4.69) is 0 Å². The lowest BCUT2D eigenvalue weighted by atomic mass is 10.2. The molecule has 0 aliphatic rings. The van der Waals surface area contributed by atoms with E-state index in [4.69, 9.17) is 16.2 Å². The van der Waals surface area contributed by atoms with Crippen LogP contribution in [0.5, 0.6) is 0 Å². The van der Waals surface area contributed by atoms with Crippen molar-refractivity contribution in [2.24, 2.45) is 11.5 Å². The molecule has 0 saturated carbocycles. The summed E-state index contributed by atoms with van der Waals surface area (Å²) in [4.78, 5) is 0. The predicted octanol–water partition coefficient (Wildman–Crippen LogP) is 2.29. The van der Waals surface area contributed by atoms with E-state index in [0.717, 1.165) is 51.6 Å². The van der Waals surface area contributed by atoms with Crippen molar-refractivity contribution in [3.8, 4) is 0 Å². The topological polar surface area (TPSA) is 61.3 Å². The minimum absolute atomic E-state index is 0.774. The van der Waals surface area contributed by atoms with Crippen LogP contribution in [0.1, 0.15) is 38.5 Å². The molecule has 0 heterocycles. The fourth-order valence-electron chi connectivity index (χ4n) is 1.11. The highest BCUT2D eigenvalue weighted by Gasteiger charge is 1.82. The first-order valence-corrected chi connectivity index (χ1v) is 5.77. The van der Waals surface area contributed by atoms with Crippen molar-refractivity contribution in [1.29, 1.82) is 0 Å². The number of unbranched alkanes of at least 4 members (excludes halogenated alkanes) is 4. The molecule has 0 aromatic heterocycles. The Kier molecular flexibility index (Phi) is 12.5. The van der Waals surface area contributed by atoms with Crippen molar-refractivity contribution >= 4 is 0 Å². The SMILES string of the molecule is NCCCCC=COC=CCCCCN. The van der Waals surface area contributed by atoms with Crippen molar-refractivity contribution in [3.63, 3.8) is 0 Å². The number of ether oxygens (including phenoxy) is 1. The zero-order valence-electron chi connectivity index (χ0n) is 9.53. The summed E-state index contributed by atoms with van der Waals surface area (Å²) >= 11 is 0. The van der Waals surface area contributed by atoms with Crippen LogP contribution in [-0.4, -0.2) is 13.1 Å². The van der Waals surface area contributed by atoms with Crippen molar-refractivity contribution in [1.82, 2.24) is 0 Å². The highest BCUT2D eigenvalue weighted by atomic mass is 16.5. The molecule has 3 nitrogen and oxygen atoms in total. The molecule has 0 radical (unpaired) electrons. The molecule has 0 saturated heterocycles. The van der Waals surface area contributed by atoms with Gasteiger partial charge in [0.15, 0.2) is 0 Å². The molecular formula is C12H24N2O. The maximum atomic E-state index is 5.37. The fraction of sp³-hybridized carbons (Fsp3) is 0.667. The standard InChI is InChI=1S/C12H24N2O/c13-9-5-1-3-7-11-15-12-8-4-2-6-10-14/h7-8,11-12H,1-6,9-10,13-14H2. The largest absolute Gasteiger partial charge is 0.473 e. The van der Waals surface area contributed by atoms with Crippen LogP contribution in [0.25, 0.3) is 0 Å². The number of rotatable bonds is 10. The molecule has 0 aliphatic heterocycles. The second-order valence-corrected chi connectivity index (χ2v) is 3.45. The average Bonchev–Trinajstić information content (AvgIpc) is 2.26. The number of allylic oxidation sites excluding steroid dienone is 2. The van der Waals surface area contributed by atoms with Crippen molar-refractivity contribution in [3.05, 3.63) is 24.7 Å². The molecule has 0 fully saturated rings. The smallest absolute Gasteiger partial charge is 0.0861 e. The summed E-state index contributed by atoms with van der Waals surface area (Å²) in [5.74, 6) is 0. The van der Waals surface area contributed by atoms with Gasteiger partial charge in [-0.05, 0) is 63.8 Å². The summed E-state index contributed by atoms with van der Waals surface area (Å²) in [6.07, 6.45) is 14.0. The van der Waals surface area contributed by atoms with Gasteiger partial charge in [0.25, 0.3) is 0 Å². The number of nitrogens with two attached hydrogens (primary N) is 2. The molecule has 0 unspecified atom stereocenters. The zero-order chi connectivity index (χ0) is 11.2. The molecule has 0 aromatic carbocycles. The van der Waals surface area contributed by atoms with Crippen LogP contribution in [0.2, 0.25) is 0 Å². The van der Waals surface area contributed by atoms with E-state index in [9.17, 15) is 0 Å². The van der Waals surface area contributed by atoms with E-state index >= 15 is 0 Å². The molecule has 88 valence electrons. The minimum Gasteiger partial charge on any atom is -0.473 e. The molecule has 15 heavy (non-hydrogen) atoms. The lowest BCUT2D eigenvalue weighted by molar-refractivity contribution is 0.398. The highest BCUT2D eigenvalue weighted by molar-refractivity contribution is 4.79. The fourth-order valence-corrected chi connectivity index (χ4v) is 1.11. The second kappa shape index (κ2) is 13.2. The summed E-state index contributed by atoms with van der Waals surface area (Å²) in [6.45, 7) is 1.55. The normalized spacial score (nSPS) is 11.6. The van der Waals surface area contributed by atoms with Gasteiger partial charge in [0.05, 0.1) is 12.5 Å². The van der Waals surface area contributed by atoms with E-state index in [1.54, 1.807) is 12.5 Å². The summed E-state index contributed by atoms with van der Waals surface area (Å²) in [6, 6.07) is 0. The van der Waals surface area contributed by atoms with Gasteiger partial charge >= 0.3 is 0 Å². The Morgan fingerprint density at radius 1 is 0.733 bits per heavy atom. The Morgan fingerprint density at radius 2 is 1.20 bits per heavy atom. The van der Waals surface area contributed by atoms with Gasteiger partial charge in [0.2, 0.25) is 0 Å². The molecule has 3 heteroatoms. The molecule has 0 atom stereocenters. The van der Waals surface area contributed by atoms with Crippen LogP contribution in [0.4, 0.5) is 0 Å². The molecule has 0 amide bonds. The first-order valence-electron chi connectivity index (χ1n) is 5.77. The molecule has 0 spiro atoms. The van der Waals surface area contributed by atoms with Crippen LogP contribution < -0.4 is 11.5 Å².